The fourth-order valence-corrected chi connectivity index (χ4v) is 2.70. The van der Waals surface area contributed by atoms with E-state index < -0.39 is 11.2 Å². The zero-order chi connectivity index (χ0) is 13.1. The van der Waals surface area contributed by atoms with Crippen LogP contribution in [0.15, 0.2) is 0 Å². The molecular formula is C14H29NO2. The molecule has 0 aromatic rings. The predicted octanol–water partition coefficient (Wildman–Crippen LogP) is 2.02. The van der Waals surface area contributed by atoms with Crippen LogP contribution in [-0.4, -0.2) is 45.9 Å². The highest BCUT2D eigenvalue weighted by atomic mass is 16.3. The molecule has 1 fully saturated rings. The van der Waals surface area contributed by atoms with Crippen molar-refractivity contribution in [1.82, 2.24) is 4.90 Å². The fraction of sp³-hybridized carbons (Fsp3) is 1.00. The maximum Gasteiger partial charge on any atom is 0.0774 e. The van der Waals surface area contributed by atoms with E-state index in [0.717, 1.165) is 38.1 Å². The largest absolute Gasteiger partial charge is 0.389 e. The molecule has 0 aromatic heterocycles. The van der Waals surface area contributed by atoms with Crippen molar-refractivity contribution in [3.63, 3.8) is 0 Å². The lowest BCUT2D eigenvalue weighted by atomic mass is 9.79. The molecule has 0 aliphatic heterocycles. The van der Waals surface area contributed by atoms with Gasteiger partial charge in [0, 0.05) is 13.1 Å². The second-order valence-electron chi connectivity index (χ2n) is 6.52. The summed E-state index contributed by atoms with van der Waals surface area (Å²) in [5, 5.41) is 20.4. The summed E-state index contributed by atoms with van der Waals surface area (Å²) in [4.78, 5) is 2.16. The molecule has 102 valence electrons. The van der Waals surface area contributed by atoms with Crippen LogP contribution in [0.1, 0.15) is 53.4 Å². The molecule has 3 heteroatoms. The van der Waals surface area contributed by atoms with E-state index in [1.807, 2.05) is 13.8 Å². The third kappa shape index (κ3) is 5.36. The predicted molar refractivity (Wildman–Crippen MR) is 71.0 cm³/mol. The van der Waals surface area contributed by atoms with Crippen molar-refractivity contribution in [1.29, 1.82) is 0 Å². The first kappa shape index (κ1) is 14.9. The Kier molecular flexibility index (Phi) is 4.99. The molecule has 0 bridgehead atoms. The molecular weight excluding hydrogens is 214 g/mol. The minimum atomic E-state index is -0.686. The molecule has 1 rings (SSSR count). The van der Waals surface area contributed by atoms with Gasteiger partial charge in [0.05, 0.1) is 11.2 Å². The normalized spacial score (nSPS) is 30.9. The highest BCUT2D eigenvalue weighted by Crippen LogP contribution is 2.32. The summed E-state index contributed by atoms with van der Waals surface area (Å²) in [6, 6.07) is 0. The van der Waals surface area contributed by atoms with Crippen LogP contribution in [0, 0.1) is 5.92 Å². The lowest BCUT2D eigenvalue weighted by Gasteiger charge is -2.40. The molecule has 0 aromatic carbocycles. The van der Waals surface area contributed by atoms with Crippen molar-refractivity contribution in [2.75, 3.05) is 19.6 Å². The Balaban J connectivity index is 2.49. The van der Waals surface area contributed by atoms with Crippen LogP contribution in [0.4, 0.5) is 0 Å². The van der Waals surface area contributed by atoms with E-state index in [1.165, 1.54) is 0 Å². The van der Waals surface area contributed by atoms with E-state index in [0.29, 0.717) is 13.1 Å². The van der Waals surface area contributed by atoms with Gasteiger partial charge in [-0.05, 0) is 52.0 Å². The summed E-state index contributed by atoms with van der Waals surface area (Å²) >= 11 is 0. The van der Waals surface area contributed by atoms with Crippen molar-refractivity contribution >= 4 is 0 Å². The van der Waals surface area contributed by atoms with Crippen molar-refractivity contribution in [3.05, 3.63) is 0 Å². The van der Waals surface area contributed by atoms with Crippen LogP contribution in [0.2, 0.25) is 0 Å². The lowest BCUT2D eigenvalue weighted by molar-refractivity contribution is -0.0505. The quantitative estimate of drug-likeness (QED) is 0.776. The molecule has 0 amide bonds. The first-order valence-corrected chi connectivity index (χ1v) is 6.91. The number of hydrogen-bond acceptors (Lipinski definition) is 3. The molecule has 1 aliphatic rings. The van der Waals surface area contributed by atoms with Crippen LogP contribution in [-0.2, 0) is 0 Å². The topological polar surface area (TPSA) is 43.7 Å². The SMILES string of the molecule is CCN(CC(C)(C)O)CC1(O)CCC(C)CC1. The maximum atomic E-state index is 10.6. The molecule has 1 aliphatic carbocycles. The number of aliphatic hydroxyl groups is 2. The van der Waals surface area contributed by atoms with Crippen molar-refractivity contribution in [3.8, 4) is 0 Å². The molecule has 1 saturated carbocycles. The molecule has 2 N–H and O–H groups in total. The number of rotatable bonds is 5. The van der Waals surface area contributed by atoms with Crippen LogP contribution in [0.3, 0.4) is 0 Å². The second kappa shape index (κ2) is 5.68. The summed E-state index contributed by atoms with van der Waals surface area (Å²) < 4.78 is 0. The fourth-order valence-electron chi connectivity index (χ4n) is 2.70. The molecule has 3 nitrogen and oxygen atoms in total. The van der Waals surface area contributed by atoms with Crippen LogP contribution in [0.5, 0.6) is 0 Å². The van der Waals surface area contributed by atoms with Gasteiger partial charge < -0.3 is 10.2 Å². The molecule has 0 unspecified atom stereocenters. The van der Waals surface area contributed by atoms with Gasteiger partial charge >= 0.3 is 0 Å². The van der Waals surface area contributed by atoms with Crippen molar-refractivity contribution in [2.45, 2.75) is 64.6 Å². The maximum absolute atomic E-state index is 10.6. The van der Waals surface area contributed by atoms with Crippen LogP contribution in [0.25, 0.3) is 0 Å². The first-order chi connectivity index (χ1) is 7.74. The van der Waals surface area contributed by atoms with Gasteiger partial charge in [0.2, 0.25) is 0 Å². The zero-order valence-corrected chi connectivity index (χ0v) is 11.9. The van der Waals surface area contributed by atoms with Gasteiger partial charge in [-0.2, -0.15) is 0 Å². The highest BCUT2D eigenvalue weighted by molar-refractivity contribution is 4.88. The van der Waals surface area contributed by atoms with Gasteiger partial charge in [-0.3, -0.25) is 4.90 Å². The average molecular weight is 243 g/mol. The third-order valence-corrected chi connectivity index (χ3v) is 3.78. The van der Waals surface area contributed by atoms with Crippen molar-refractivity contribution < 1.29 is 10.2 Å². The Morgan fingerprint density at radius 1 is 1.29 bits per heavy atom. The van der Waals surface area contributed by atoms with Gasteiger partial charge in [-0.1, -0.05) is 13.8 Å². The van der Waals surface area contributed by atoms with E-state index in [4.69, 9.17) is 0 Å². The van der Waals surface area contributed by atoms with Gasteiger partial charge in [-0.25, -0.2) is 0 Å². The zero-order valence-electron chi connectivity index (χ0n) is 11.9. The Bertz CT molecular complexity index is 227. The molecule has 0 atom stereocenters. The summed E-state index contributed by atoms with van der Waals surface area (Å²) in [5.74, 6) is 0.750. The Hall–Kier alpha value is -0.120. The van der Waals surface area contributed by atoms with E-state index >= 15 is 0 Å². The van der Waals surface area contributed by atoms with Crippen LogP contribution < -0.4 is 0 Å². The minimum absolute atomic E-state index is 0.534. The second-order valence-corrected chi connectivity index (χ2v) is 6.52. The monoisotopic (exact) mass is 243 g/mol. The van der Waals surface area contributed by atoms with E-state index in [9.17, 15) is 10.2 Å². The Morgan fingerprint density at radius 3 is 2.24 bits per heavy atom. The molecule has 0 radical (unpaired) electrons. The average Bonchev–Trinajstić information content (AvgIpc) is 2.20. The van der Waals surface area contributed by atoms with Crippen molar-refractivity contribution in [2.24, 2.45) is 5.92 Å². The van der Waals surface area contributed by atoms with Gasteiger partial charge in [0.25, 0.3) is 0 Å². The molecule has 0 saturated heterocycles. The number of nitrogens with zero attached hydrogens (tertiary/aromatic N) is 1. The Morgan fingerprint density at radius 2 is 1.82 bits per heavy atom. The van der Waals surface area contributed by atoms with Crippen LogP contribution >= 0.6 is 0 Å². The van der Waals surface area contributed by atoms with E-state index in [-0.39, 0.29) is 0 Å². The molecule has 0 spiro atoms. The summed E-state index contributed by atoms with van der Waals surface area (Å²) in [6.07, 6.45) is 4.04. The van der Waals surface area contributed by atoms with Gasteiger partial charge in [0.15, 0.2) is 0 Å². The summed E-state index contributed by atoms with van der Waals surface area (Å²) in [6.45, 7) is 10.2. The summed E-state index contributed by atoms with van der Waals surface area (Å²) in [5.41, 5.74) is -1.22. The first-order valence-electron chi connectivity index (χ1n) is 6.91. The Labute approximate surface area is 106 Å². The third-order valence-electron chi connectivity index (χ3n) is 3.78. The minimum Gasteiger partial charge on any atom is -0.389 e. The molecule has 17 heavy (non-hydrogen) atoms. The van der Waals surface area contributed by atoms with E-state index in [2.05, 4.69) is 18.7 Å². The molecule has 0 heterocycles. The number of hydrogen-bond donors (Lipinski definition) is 2. The van der Waals surface area contributed by atoms with Gasteiger partial charge in [-0.15, -0.1) is 0 Å². The standard InChI is InChI=1S/C14H29NO2/c1-5-15(10-13(3,4)16)11-14(17)8-6-12(2)7-9-14/h12,16-17H,5-11H2,1-4H3. The summed E-state index contributed by atoms with van der Waals surface area (Å²) in [7, 11) is 0. The highest BCUT2D eigenvalue weighted by Gasteiger charge is 2.34. The smallest absolute Gasteiger partial charge is 0.0774 e. The number of likely N-dealkylation sites (N-methyl/N-ethyl adjacent to an activating group) is 1. The van der Waals surface area contributed by atoms with E-state index in [1.54, 1.807) is 0 Å². The van der Waals surface area contributed by atoms with Gasteiger partial charge in [0.1, 0.15) is 0 Å². The lowest BCUT2D eigenvalue weighted by Crippen LogP contribution is -2.49.